The molecule has 1 N–H and O–H groups in total. The lowest BCUT2D eigenvalue weighted by molar-refractivity contribution is 0.310. The molecule has 1 aromatic rings. The molecule has 0 amide bonds. The van der Waals surface area contributed by atoms with Gasteiger partial charge in [-0.3, -0.25) is 0 Å². The van der Waals surface area contributed by atoms with E-state index in [0.29, 0.717) is 12.6 Å². The highest BCUT2D eigenvalue weighted by Crippen LogP contribution is 2.36. The van der Waals surface area contributed by atoms with Gasteiger partial charge in [-0.15, -0.1) is 0 Å². The van der Waals surface area contributed by atoms with Crippen LogP contribution in [-0.2, 0) is 0 Å². The molecule has 3 nitrogen and oxygen atoms in total. The van der Waals surface area contributed by atoms with Gasteiger partial charge in [-0.25, -0.2) is 0 Å². The summed E-state index contributed by atoms with van der Waals surface area (Å²) < 4.78 is 11.8. The van der Waals surface area contributed by atoms with E-state index >= 15 is 0 Å². The average molecular weight is 328 g/mol. The SMILES string of the molecule is CCNC(C)/C=C/c1cc(Br)c(OC)c(OCC)c1. The summed E-state index contributed by atoms with van der Waals surface area (Å²) in [6, 6.07) is 4.36. The fourth-order valence-corrected chi connectivity index (χ4v) is 2.41. The van der Waals surface area contributed by atoms with Crippen molar-refractivity contribution < 1.29 is 9.47 Å². The third-order valence-electron chi connectivity index (χ3n) is 2.64. The summed E-state index contributed by atoms with van der Waals surface area (Å²) in [5, 5.41) is 3.34. The van der Waals surface area contributed by atoms with Crippen molar-refractivity contribution in [2.75, 3.05) is 20.3 Å². The predicted octanol–water partition coefficient (Wildman–Crippen LogP) is 3.87. The van der Waals surface area contributed by atoms with Crippen LogP contribution in [0, 0.1) is 0 Å². The molecule has 0 heterocycles. The summed E-state index contributed by atoms with van der Waals surface area (Å²) in [4.78, 5) is 0. The zero-order valence-corrected chi connectivity index (χ0v) is 13.6. The molecule has 0 bridgehead atoms. The van der Waals surface area contributed by atoms with Gasteiger partial charge in [0.05, 0.1) is 18.2 Å². The number of methoxy groups -OCH3 is 1. The minimum Gasteiger partial charge on any atom is -0.492 e. The molecular formula is C15H22BrNO2. The van der Waals surface area contributed by atoms with E-state index in [1.807, 2.05) is 19.1 Å². The lowest BCUT2D eigenvalue weighted by Crippen LogP contribution is -2.22. The topological polar surface area (TPSA) is 30.5 Å². The van der Waals surface area contributed by atoms with Crippen molar-refractivity contribution in [3.8, 4) is 11.5 Å². The highest BCUT2D eigenvalue weighted by atomic mass is 79.9. The maximum atomic E-state index is 5.60. The Kier molecular flexibility index (Phi) is 6.95. The van der Waals surface area contributed by atoms with Gasteiger partial charge in [0.15, 0.2) is 11.5 Å². The Bertz CT molecular complexity index is 432. The summed E-state index contributed by atoms with van der Waals surface area (Å²) in [5.41, 5.74) is 1.08. The normalized spacial score (nSPS) is 12.7. The molecule has 106 valence electrons. The van der Waals surface area contributed by atoms with E-state index in [-0.39, 0.29) is 0 Å². The fourth-order valence-electron chi connectivity index (χ4n) is 1.79. The summed E-state index contributed by atoms with van der Waals surface area (Å²) in [6.07, 6.45) is 4.22. The van der Waals surface area contributed by atoms with Gasteiger partial charge in [0.2, 0.25) is 0 Å². The molecule has 0 aliphatic carbocycles. The van der Waals surface area contributed by atoms with E-state index in [1.165, 1.54) is 0 Å². The fraction of sp³-hybridized carbons (Fsp3) is 0.467. The van der Waals surface area contributed by atoms with Gasteiger partial charge in [0.25, 0.3) is 0 Å². The van der Waals surface area contributed by atoms with Crippen LogP contribution in [0.25, 0.3) is 6.08 Å². The predicted molar refractivity (Wildman–Crippen MR) is 84.0 cm³/mol. The Labute approximate surface area is 124 Å². The number of hydrogen-bond donors (Lipinski definition) is 1. The summed E-state index contributed by atoms with van der Waals surface area (Å²) in [5.74, 6) is 1.49. The zero-order valence-electron chi connectivity index (χ0n) is 12.0. The summed E-state index contributed by atoms with van der Waals surface area (Å²) in [6.45, 7) is 7.76. The first-order chi connectivity index (χ1) is 9.12. The summed E-state index contributed by atoms with van der Waals surface area (Å²) >= 11 is 3.51. The smallest absolute Gasteiger partial charge is 0.174 e. The lowest BCUT2D eigenvalue weighted by Gasteiger charge is -2.12. The van der Waals surface area contributed by atoms with E-state index in [9.17, 15) is 0 Å². The van der Waals surface area contributed by atoms with Crippen LogP contribution in [0.15, 0.2) is 22.7 Å². The monoisotopic (exact) mass is 327 g/mol. The zero-order chi connectivity index (χ0) is 14.3. The Morgan fingerprint density at radius 1 is 1.37 bits per heavy atom. The first-order valence-corrected chi connectivity index (χ1v) is 7.33. The van der Waals surface area contributed by atoms with Crippen LogP contribution >= 0.6 is 15.9 Å². The molecule has 1 unspecified atom stereocenters. The van der Waals surface area contributed by atoms with Gasteiger partial charge < -0.3 is 14.8 Å². The van der Waals surface area contributed by atoms with Crippen molar-refractivity contribution in [2.45, 2.75) is 26.8 Å². The van der Waals surface area contributed by atoms with Crippen LogP contribution in [0.1, 0.15) is 26.3 Å². The summed E-state index contributed by atoms with van der Waals surface area (Å²) in [7, 11) is 1.64. The molecule has 1 atom stereocenters. The van der Waals surface area contributed by atoms with Crippen LogP contribution in [0.5, 0.6) is 11.5 Å². The Hall–Kier alpha value is -1.00. The van der Waals surface area contributed by atoms with Crippen molar-refractivity contribution in [2.24, 2.45) is 0 Å². The first kappa shape index (κ1) is 16.1. The van der Waals surface area contributed by atoms with Gasteiger partial charge in [-0.05, 0) is 54.0 Å². The van der Waals surface area contributed by atoms with E-state index in [0.717, 1.165) is 28.1 Å². The highest BCUT2D eigenvalue weighted by molar-refractivity contribution is 9.10. The van der Waals surface area contributed by atoms with Crippen LogP contribution in [0.3, 0.4) is 0 Å². The van der Waals surface area contributed by atoms with E-state index in [2.05, 4.69) is 47.2 Å². The molecule has 0 aliphatic heterocycles. The van der Waals surface area contributed by atoms with Crippen LogP contribution in [0.4, 0.5) is 0 Å². The van der Waals surface area contributed by atoms with Crippen molar-refractivity contribution in [1.82, 2.24) is 5.32 Å². The molecule has 0 radical (unpaired) electrons. The quantitative estimate of drug-likeness (QED) is 0.824. The van der Waals surface area contributed by atoms with Crippen LogP contribution in [0.2, 0.25) is 0 Å². The van der Waals surface area contributed by atoms with Crippen molar-refractivity contribution in [1.29, 1.82) is 0 Å². The molecule has 0 saturated carbocycles. The maximum absolute atomic E-state index is 5.60. The third kappa shape index (κ3) is 4.88. The highest BCUT2D eigenvalue weighted by Gasteiger charge is 2.10. The van der Waals surface area contributed by atoms with E-state index in [4.69, 9.17) is 9.47 Å². The van der Waals surface area contributed by atoms with E-state index in [1.54, 1.807) is 7.11 Å². The second-order valence-corrected chi connectivity index (χ2v) is 5.03. The third-order valence-corrected chi connectivity index (χ3v) is 3.23. The second kappa shape index (κ2) is 8.23. The van der Waals surface area contributed by atoms with Crippen molar-refractivity contribution >= 4 is 22.0 Å². The van der Waals surface area contributed by atoms with Crippen molar-refractivity contribution in [3.63, 3.8) is 0 Å². The Morgan fingerprint density at radius 2 is 2.11 bits per heavy atom. The standard InChI is InChI=1S/C15H22BrNO2/c1-5-17-11(3)7-8-12-9-13(16)15(18-4)14(10-12)19-6-2/h7-11,17H,5-6H2,1-4H3/b8-7+. The molecule has 0 spiro atoms. The molecule has 1 rings (SSSR count). The van der Waals surface area contributed by atoms with Gasteiger partial charge in [-0.2, -0.15) is 0 Å². The molecule has 0 saturated heterocycles. The molecule has 4 heteroatoms. The number of likely N-dealkylation sites (N-methyl/N-ethyl adjacent to an activating group) is 1. The number of nitrogens with one attached hydrogen (secondary N) is 1. The lowest BCUT2D eigenvalue weighted by atomic mass is 10.1. The van der Waals surface area contributed by atoms with Gasteiger partial charge in [0.1, 0.15) is 0 Å². The van der Waals surface area contributed by atoms with Crippen LogP contribution in [-0.4, -0.2) is 26.3 Å². The maximum Gasteiger partial charge on any atom is 0.174 e. The minimum absolute atomic E-state index is 0.349. The number of benzene rings is 1. The largest absolute Gasteiger partial charge is 0.492 e. The minimum atomic E-state index is 0.349. The molecule has 1 aromatic carbocycles. The number of rotatable bonds is 7. The number of ether oxygens (including phenoxy) is 2. The second-order valence-electron chi connectivity index (χ2n) is 4.17. The van der Waals surface area contributed by atoms with Gasteiger partial charge in [-0.1, -0.05) is 19.1 Å². The molecule has 19 heavy (non-hydrogen) atoms. The van der Waals surface area contributed by atoms with Crippen LogP contribution < -0.4 is 14.8 Å². The average Bonchev–Trinajstić information content (AvgIpc) is 2.37. The Morgan fingerprint density at radius 3 is 2.68 bits per heavy atom. The first-order valence-electron chi connectivity index (χ1n) is 6.54. The molecule has 0 aliphatic rings. The number of hydrogen-bond acceptors (Lipinski definition) is 3. The van der Waals surface area contributed by atoms with E-state index < -0.39 is 0 Å². The molecular weight excluding hydrogens is 306 g/mol. The molecule has 0 fully saturated rings. The number of halogens is 1. The Balaban J connectivity index is 2.96. The van der Waals surface area contributed by atoms with Gasteiger partial charge >= 0.3 is 0 Å². The van der Waals surface area contributed by atoms with Crippen molar-refractivity contribution in [3.05, 3.63) is 28.2 Å². The van der Waals surface area contributed by atoms with Gasteiger partial charge in [0, 0.05) is 6.04 Å². The molecule has 0 aromatic heterocycles.